The van der Waals surface area contributed by atoms with Crippen LogP contribution in [0.5, 0.6) is 0 Å². The molecule has 1 aromatic rings. The van der Waals surface area contributed by atoms with E-state index in [-0.39, 0.29) is 17.4 Å². The Bertz CT molecular complexity index is 638. The molecule has 0 aliphatic carbocycles. The third-order valence-corrected chi connectivity index (χ3v) is 5.19. The molecule has 7 heteroatoms. The molecule has 0 bridgehead atoms. The van der Waals surface area contributed by atoms with Gasteiger partial charge in [0.05, 0.1) is 11.5 Å². The normalized spacial score (nSPS) is 15.9. The van der Waals surface area contributed by atoms with E-state index in [4.69, 9.17) is 5.11 Å². The Balaban J connectivity index is 2.29. The molecule has 0 saturated heterocycles. The van der Waals surface area contributed by atoms with Gasteiger partial charge in [-0.15, -0.1) is 0 Å². The fourth-order valence-corrected chi connectivity index (χ4v) is 3.77. The molecule has 1 aromatic carbocycles. The molecule has 0 saturated carbocycles. The maximum atomic E-state index is 12.3. The molecule has 0 aromatic heterocycles. The zero-order valence-electron chi connectivity index (χ0n) is 12.2. The van der Waals surface area contributed by atoms with Crippen LogP contribution in [0.2, 0.25) is 0 Å². The van der Waals surface area contributed by atoms with Crippen molar-refractivity contribution in [3.63, 3.8) is 0 Å². The van der Waals surface area contributed by atoms with Gasteiger partial charge in [0.15, 0.2) is 0 Å². The second-order valence-electron chi connectivity index (χ2n) is 5.12. The summed E-state index contributed by atoms with van der Waals surface area (Å²) in [4.78, 5) is 13.3. The maximum absolute atomic E-state index is 12.3. The number of benzene rings is 1. The van der Waals surface area contributed by atoms with E-state index in [9.17, 15) is 13.2 Å². The first kappa shape index (κ1) is 15.9. The van der Waals surface area contributed by atoms with Crippen LogP contribution >= 0.6 is 0 Å². The molecule has 21 heavy (non-hydrogen) atoms. The third kappa shape index (κ3) is 3.25. The van der Waals surface area contributed by atoms with Gasteiger partial charge in [-0.05, 0) is 36.6 Å². The second-order valence-corrected chi connectivity index (χ2v) is 6.83. The zero-order chi connectivity index (χ0) is 15.6. The van der Waals surface area contributed by atoms with Gasteiger partial charge in [0, 0.05) is 25.2 Å². The molecule has 2 rings (SSSR count). The van der Waals surface area contributed by atoms with Crippen LogP contribution in [0.15, 0.2) is 23.1 Å². The fraction of sp³-hybridized carbons (Fsp3) is 0.500. The highest BCUT2D eigenvalue weighted by Crippen LogP contribution is 2.30. The van der Waals surface area contributed by atoms with E-state index in [0.29, 0.717) is 19.4 Å². The van der Waals surface area contributed by atoms with Gasteiger partial charge < -0.3 is 10.0 Å². The first-order valence-corrected chi connectivity index (χ1v) is 8.41. The van der Waals surface area contributed by atoms with Crippen LogP contribution in [0.3, 0.4) is 0 Å². The van der Waals surface area contributed by atoms with Crippen molar-refractivity contribution in [3.05, 3.63) is 23.8 Å². The first-order chi connectivity index (χ1) is 9.89. The number of anilines is 1. The van der Waals surface area contributed by atoms with Crippen molar-refractivity contribution >= 4 is 21.6 Å². The van der Waals surface area contributed by atoms with Crippen molar-refractivity contribution in [2.24, 2.45) is 0 Å². The van der Waals surface area contributed by atoms with Gasteiger partial charge in [-0.3, -0.25) is 4.79 Å². The van der Waals surface area contributed by atoms with Crippen LogP contribution in [-0.2, 0) is 21.2 Å². The number of nitrogens with zero attached hydrogens (tertiary/aromatic N) is 1. The van der Waals surface area contributed by atoms with Gasteiger partial charge in [-0.25, -0.2) is 13.1 Å². The lowest BCUT2D eigenvalue weighted by Gasteiger charge is -2.16. The molecule has 0 radical (unpaired) electrons. The minimum Gasteiger partial charge on any atom is -0.395 e. The fourth-order valence-electron chi connectivity index (χ4n) is 2.41. The van der Waals surface area contributed by atoms with Crippen LogP contribution in [-0.4, -0.2) is 38.6 Å². The Morgan fingerprint density at radius 3 is 2.76 bits per heavy atom. The van der Waals surface area contributed by atoms with E-state index in [1.54, 1.807) is 24.0 Å². The van der Waals surface area contributed by atoms with Crippen molar-refractivity contribution in [1.29, 1.82) is 0 Å². The molecule has 2 N–H and O–H groups in total. The van der Waals surface area contributed by atoms with Crippen molar-refractivity contribution in [1.82, 2.24) is 4.72 Å². The van der Waals surface area contributed by atoms with E-state index in [0.717, 1.165) is 11.3 Å². The highest BCUT2D eigenvalue weighted by Gasteiger charge is 2.25. The zero-order valence-corrected chi connectivity index (χ0v) is 13.0. The van der Waals surface area contributed by atoms with Gasteiger partial charge >= 0.3 is 0 Å². The van der Waals surface area contributed by atoms with E-state index in [2.05, 4.69) is 4.72 Å². The third-order valence-electron chi connectivity index (χ3n) is 3.67. The Morgan fingerprint density at radius 2 is 2.19 bits per heavy atom. The highest BCUT2D eigenvalue weighted by atomic mass is 32.2. The summed E-state index contributed by atoms with van der Waals surface area (Å²) in [6, 6.07) is 4.27. The summed E-state index contributed by atoms with van der Waals surface area (Å²) in [6.45, 7) is 3.64. The number of amides is 1. The molecule has 1 aliphatic heterocycles. The Labute approximate surface area is 124 Å². The first-order valence-electron chi connectivity index (χ1n) is 6.93. The van der Waals surface area contributed by atoms with E-state index in [1.165, 1.54) is 13.0 Å². The molecule has 1 unspecified atom stereocenters. The lowest BCUT2D eigenvalue weighted by atomic mass is 10.2. The number of nitrogens with one attached hydrogen (secondary N) is 1. The number of rotatable bonds is 5. The SMILES string of the molecule is CCC(CO)NS(=O)(=O)c1ccc2c(c1)CCN2C(C)=O. The molecule has 0 fully saturated rings. The van der Waals surface area contributed by atoms with Crippen LogP contribution in [0.1, 0.15) is 25.8 Å². The van der Waals surface area contributed by atoms with Crippen LogP contribution in [0.25, 0.3) is 0 Å². The van der Waals surface area contributed by atoms with Crippen LogP contribution in [0.4, 0.5) is 5.69 Å². The van der Waals surface area contributed by atoms with Crippen molar-refractivity contribution in [3.8, 4) is 0 Å². The monoisotopic (exact) mass is 312 g/mol. The summed E-state index contributed by atoms with van der Waals surface area (Å²) in [7, 11) is -3.66. The molecule has 1 amide bonds. The molecule has 1 aliphatic rings. The van der Waals surface area contributed by atoms with Gasteiger partial charge in [0.2, 0.25) is 15.9 Å². The Morgan fingerprint density at radius 1 is 1.48 bits per heavy atom. The van der Waals surface area contributed by atoms with Crippen LogP contribution in [0, 0.1) is 0 Å². The average molecular weight is 312 g/mol. The van der Waals surface area contributed by atoms with Crippen molar-refractivity contribution < 1.29 is 18.3 Å². The van der Waals surface area contributed by atoms with Gasteiger partial charge in [0.25, 0.3) is 0 Å². The summed E-state index contributed by atoms with van der Waals surface area (Å²) in [5.41, 5.74) is 1.63. The number of carbonyl (C=O) groups is 1. The van der Waals surface area contributed by atoms with Crippen LogP contribution < -0.4 is 9.62 Å². The lowest BCUT2D eigenvalue weighted by Crippen LogP contribution is -2.36. The lowest BCUT2D eigenvalue weighted by molar-refractivity contribution is -0.116. The number of hydrogen-bond acceptors (Lipinski definition) is 4. The highest BCUT2D eigenvalue weighted by molar-refractivity contribution is 7.89. The summed E-state index contributed by atoms with van der Waals surface area (Å²) in [5.74, 6) is -0.0474. The summed E-state index contributed by atoms with van der Waals surface area (Å²) >= 11 is 0. The second kappa shape index (κ2) is 6.13. The number of aliphatic hydroxyl groups is 1. The molecule has 1 heterocycles. The summed E-state index contributed by atoms with van der Waals surface area (Å²) in [5, 5.41) is 9.12. The van der Waals surface area contributed by atoms with Crippen molar-refractivity contribution in [2.75, 3.05) is 18.1 Å². The van der Waals surface area contributed by atoms with Crippen molar-refractivity contribution in [2.45, 2.75) is 37.6 Å². The number of carbonyl (C=O) groups excluding carboxylic acids is 1. The molecule has 116 valence electrons. The minimum absolute atomic E-state index is 0.0474. The van der Waals surface area contributed by atoms with E-state index < -0.39 is 16.1 Å². The quantitative estimate of drug-likeness (QED) is 0.835. The molecular formula is C14H20N2O4S. The number of hydrogen-bond donors (Lipinski definition) is 2. The Hall–Kier alpha value is -1.44. The predicted molar refractivity (Wildman–Crippen MR) is 79.7 cm³/mol. The number of aliphatic hydroxyl groups excluding tert-OH is 1. The average Bonchev–Trinajstić information content (AvgIpc) is 2.87. The molecule has 1 atom stereocenters. The van der Waals surface area contributed by atoms with E-state index in [1.807, 2.05) is 0 Å². The molecular weight excluding hydrogens is 292 g/mol. The summed E-state index contributed by atoms with van der Waals surface area (Å²) in [6.07, 6.45) is 1.16. The predicted octanol–water partition coefficient (Wildman–Crippen LogP) is 0.645. The molecule has 6 nitrogen and oxygen atoms in total. The number of sulfonamides is 1. The Kier molecular flexibility index (Phi) is 4.65. The number of fused-ring (bicyclic) bond motifs is 1. The largest absolute Gasteiger partial charge is 0.395 e. The molecule has 0 spiro atoms. The topological polar surface area (TPSA) is 86.7 Å². The maximum Gasteiger partial charge on any atom is 0.240 e. The standard InChI is InChI=1S/C14H20N2O4S/c1-3-12(9-17)15-21(19,20)13-4-5-14-11(8-13)6-7-16(14)10(2)18/h4-5,8,12,15,17H,3,6-7,9H2,1-2H3. The smallest absolute Gasteiger partial charge is 0.240 e. The minimum atomic E-state index is -3.66. The van der Waals surface area contributed by atoms with Gasteiger partial charge in [0.1, 0.15) is 0 Å². The van der Waals surface area contributed by atoms with Gasteiger partial charge in [-0.1, -0.05) is 6.92 Å². The van der Waals surface area contributed by atoms with E-state index >= 15 is 0 Å². The van der Waals surface area contributed by atoms with Gasteiger partial charge in [-0.2, -0.15) is 0 Å². The summed E-state index contributed by atoms with van der Waals surface area (Å²) < 4.78 is 27.0.